The second-order valence-electron chi connectivity index (χ2n) is 6.09. The normalized spacial score (nSPS) is 12.0. The van der Waals surface area contributed by atoms with Crippen LogP contribution in [0.4, 0.5) is 26.2 Å². The Morgan fingerprint density at radius 2 is 1.89 bits per heavy atom. The van der Waals surface area contributed by atoms with Gasteiger partial charge in [0.25, 0.3) is 0 Å². The third-order valence-electron chi connectivity index (χ3n) is 4.08. The monoisotopic (exact) mass is 382 g/mol. The molecule has 3 heterocycles. The summed E-state index contributed by atoms with van der Waals surface area (Å²) >= 11 is 0. The number of aromatic nitrogens is 4. The van der Waals surface area contributed by atoms with Gasteiger partial charge >= 0.3 is 0 Å². The first-order valence-corrected chi connectivity index (χ1v) is 8.48. The van der Waals surface area contributed by atoms with Crippen molar-refractivity contribution in [3.8, 4) is 11.5 Å². The van der Waals surface area contributed by atoms with E-state index < -0.39 is 17.7 Å². The third kappa shape index (κ3) is 3.83. The van der Waals surface area contributed by atoms with Gasteiger partial charge in [-0.15, -0.1) is 0 Å². The molecule has 9 heteroatoms. The topological polar surface area (TPSA) is 91.7 Å². The minimum atomic E-state index is -0.616. The Morgan fingerprint density at radius 1 is 1.04 bits per heavy atom. The van der Waals surface area contributed by atoms with Crippen molar-refractivity contribution in [3.05, 3.63) is 72.3 Å². The Hall–Kier alpha value is -3.75. The molecule has 1 aromatic carbocycles. The largest absolute Gasteiger partial charge is 0.463 e. The van der Waals surface area contributed by atoms with Gasteiger partial charge in [0, 0.05) is 23.8 Å². The van der Waals surface area contributed by atoms with E-state index in [2.05, 4.69) is 30.8 Å². The van der Waals surface area contributed by atoms with Crippen molar-refractivity contribution >= 4 is 17.5 Å². The van der Waals surface area contributed by atoms with Gasteiger partial charge < -0.3 is 15.1 Å². The lowest BCUT2D eigenvalue weighted by Gasteiger charge is -2.16. The van der Waals surface area contributed by atoms with Crippen LogP contribution in [0.5, 0.6) is 0 Å². The summed E-state index contributed by atoms with van der Waals surface area (Å²) in [6.07, 6.45) is 2.95. The molecule has 0 aliphatic heterocycles. The smallest absolute Gasteiger partial charge is 0.154 e. The van der Waals surface area contributed by atoms with Crippen molar-refractivity contribution in [2.24, 2.45) is 0 Å². The van der Waals surface area contributed by atoms with Gasteiger partial charge in [0.2, 0.25) is 0 Å². The van der Waals surface area contributed by atoms with Crippen LogP contribution in [0, 0.1) is 11.6 Å². The predicted molar refractivity (Wildman–Crippen MR) is 100 cm³/mol. The maximum Gasteiger partial charge on any atom is 0.154 e. The first-order chi connectivity index (χ1) is 13.6. The molecule has 3 aromatic heterocycles. The highest BCUT2D eigenvalue weighted by Crippen LogP contribution is 2.24. The first kappa shape index (κ1) is 17.7. The zero-order chi connectivity index (χ0) is 19.5. The number of nitrogens with one attached hydrogen (secondary N) is 3. The number of H-pyrrole nitrogens is 1. The van der Waals surface area contributed by atoms with Crippen LogP contribution in [0.2, 0.25) is 0 Å². The fraction of sp³-hybridized carbons (Fsp3) is 0.105. The quantitative estimate of drug-likeness (QED) is 0.449. The minimum absolute atomic E-state index is 0.338. The van der Waals surface area contributed by atoms with E-state index in [0.717, 1.165) is 11.8 Å². The van der Waals surface area contributed by atoms with Crippen LogP contribution in [-0.4, -0.2) is 20.2 Å². The van der Waals surface area contributed by atoms with Gasteiger partial charge in [-0.3, -0.25) is 5.10 Å². The minimum Gasteiger partial charge on any atom is -0.463 e. The molecule has 4 aromatic rings. The Kier molecular flexibility index (Phi) is 4.71. The summed E-state index contributed by atoms with van der Waals surface area (Å²) in [6, 6.07) is 10.1. The van der Waals surface area contributed by atoms with Crippen molar-refractivity contribution in [3.63, 3.8) is 0 Å². The van der Waals surface area contributed by atoms with E-state index >= 15 is 0 Å². The fourth-order valence-corrected chi connectivity index (χ4v) is 2.73. The molecule has 0 saturated carbocycles. The summed E-state index contributed by atoms with van der Waals surface area (Å²) < 4.78 is 32.3. The van der Waals surface area contributed by atoms with Gasteiger partial charge in [0.15, 0.2) is 11.6 Å². The van der Waals surface area contributed by atoms with E-state index in [9.17, 15) is 8.78 Å². The number of benzene rings is 1. The number of furan rings is 1. The highest BCUT2D eigenvalue weighted by molar-refractivity contribution is 5.62. The van der Waals surface area contributed by atoms with Crippen molar-refractivity contribution in [2.75, 3.05) is 10.6 Å². The number of aromatic amines is 1. The van der Waals surface area contributed by atoms with Gasteiger partial charge in [0.05, 0.1) is 12.3 Å². The zero-order valence-corrected chi connectivity index (χ0v) is 14.8. The van der Waals surface area contributed by atoms with Gasteiger partial charge in [-0.2, -0.15) is 5.10 Å². The molecule has 142 valence electrons. The summed E-state index contributed by atoms with van der Waals surface area (Å²) in [5.41, 5.74) is 1.06. The third-order valence-corrected chi connectivity index (χ3v) is 4.08. The summed E-state index contributed by atoms with van der Waals surface area (Å²) in [5, 5.41) is 13.2. The molecular formula is C19H16F2N6O. The van der Waals surface area contributed by atoms with E-state index in [0.29, 0.717) is 28.8 Å². The van der Waals surface area contributed by atoms with Crippen molar-refractivity contribution in [1.82, 2.24) is 20.2 Å². The van der Waals surface area contributed by atoms with Crippen LogP contribution in [0.25, 0.3) is 11.5 Å². The van der Waals surface area contributed by atoms with Crippen LogP contribution >= 0.6 is 0 Å². The Morgan fingerprint density at radius 3 is 2.68 bits per heavy atom. The van der Waals surface area contributed by atoms with Crippen LogP contribution in [0.1, 0.15) is 18.5 Å². The summed E-state index contributed by atoms with van der Waals surface area (Å²) in [5.74, 6) is 0.969. The van der Waals surface area contributed by atoms with Gasteiger partial charge in [0.1, 0.15) is 35.3 Å². The molecule has 0 amide bonds. The molecular weight excluding hydrogens is 366 g/mol. The van der Waals surface area contributed by atoms with E-state index in [1.165, 1.54) is 18.5 Å². The zero-order valence-electron chi connectivity index (χ0n) is 14.8. The maximum atomic E-state index is 13.9. The molecule has 0 bridgehead atoms. The Labute approximate surface area is 158 Å². The number of nitrogens with zero attached hydrogens (tertiary/aromatic N) is 3. The second kappa shape index (κ2) is 7.47. The summed E-state index contributed by atoms with van der Waals surface area (Å²) in [6.45, 7) is 1.76. The molecule has 1 unspecified atom stereocenters. The van der Waals surface area contributed by atoms with E-state index in [4.69, 9.17) is 4.42 Å². The fourth-order valence-electron chi connectivity index (χ4n) is 2.73. The first-order valence-electron chi connectivity index (χ1n) is 8.48. The Bertz CT molecular complexity index is 1080. The second-order valence-corrected chi connectivity index (χ2v) is 6.09. The predicted octanol–water partition coefficient (Wildman–Crippen LogP) is 4.65. The van der Waals surface area contributed by atoms with Crippen LogP contribution in [-0.2, 0) is 0 Å². The average molecular weight is 382 g/mol. The average Bonchev–Trinajstić information content (AvgIpc) is 3.33. The Balaban J connectivity index is 1.47. The standard InChI is InChI=1S/C19H16F2N6O/c1-11(13-5-4-12(20)7-14(13)21)24-17-9-18(23-10-22-17)25-19-8-15(26-27-19)16-3-2-6-28-16/h2-11H,1H3,(H3,22,23,24,25,26,27). The number of halogens is 2. The summed E-state index contributed by atoms with van der Waals surface area (Å²) in [4.78, 5) is 8.29. The van der Waals surface area contributed by atoms with Gasteiger partial charge in [-0.1, -0.05) is 6.07 Å². The molecule has 0 spiro atoms. The van der Waals surface area contributed by atoms with Crippen LogP contribution < -0.4 is 10.6 Å². The lowest BCUT2D eigenvalue weighted by molar-refractivity contribution is 0.566. The SMILES string of the molecule is CC(Nc1cc(Nc2cc(-c3ccco3)[nH]n2)ncn1)c1ccc(F)cc1F. The lowest BCUT2D eigenvalue weighted by Crippen LogP contribution is -2.10. The maximum absolute atomic E-state index is 13.9. The number of hydrogen-bond donors (Lipinski definition) is 3. The molecule has 1 atom stereocenters. The van der Waals surface area contributed by atoms with E-state index in [-0.39, 0.29) is 0 Å². The van der Waals surface area contributed by atoms with Gasteiger partial charge in [-0.25, -0.2) is 18.7 Å². The lowest BCUT2D eigenvalue weighted by atomic mass is 10.1. The molecule has 0 fully saturated rings. The molecule has 3 N–H and O–H groups in total. The van der Waals surface area contributed by atoms with Crippen LogP contribution in [0.15, 0.2) is 59.5 Å². The number of hydrogen-bond acceptors (Lipinski definition) is 6. The molecule has 0 aliphatic carbocycles. The van der Waals surface area contributed by atoms with Crippen molar-refractivity contribution < 1.29 is 13.2 Å². The molecule has 28 heavy (non-hydrogen) atoms. The molecule has 7 nitrogen and oxygen atoms in total. The van der Waals surface area contributed by atoms with Crippen molar-refractivity contribution in [1.29, 1.82) is 0 Å². The molecule has 0 aliphatic rings. The highest BCUT2D eigenvalue weighted by atomic mass is 19.1. The van der Waals surface area contributed by atoms with Crippen LogP contribution in [0.3, 0.4) is 0 Å². The van der Waals surface area contributed by atoms with Gasteiger partial charge in [-0.05, 0) is 25.1 Å². The summed E-state index contributed by atoms with van der Waals surface area (Å²) in [7, 11) is 0. The molecule has 0 radical (unpaired) electrons. The number of rotatable bonds is 6. The van der Waals surface area contributed by atoms with E-state index in [1.54, 1.807) is 31.4 Å². The highest BCUT2D eigenvalue weighted by Gasteiger charge is 2.13. The molecule has 0 saturated heterocycles. The number of anilines is 3. The van der Waals surface area contributed by atoms with E-state index in [1.807, 2.05) is 6.07 Å². The molecule has 4 rings (SSSR count). The van der Waals surface area contributed by atoms with Crippen molar-refractivity contribution in [2.45, 2.75) is 13.0 Å².